The number of rotatable bonds is 46. The average Bonchev–Trinajstić information content (AvgIpc) is 0.699. The molecular weight excluding hydrogens is 1390 g/mol. The quantitative estimate of drug-likeness (QED) is 0.0335. The van der Waals surface area contributed by atoms with Gasteiger partial charge in [0.1, 0.15) is 7.85 Å². The normalized spacial score (nSPS) is 10.5. The molecule has 433 valence electrons. The van der Waals surface area contributed by atoms with E-state index in [4.69, 9.17) is 376 Å². The number of amides is 2. The van der Waals surface area contributed by atoms with Crippen molar-refractivity contribution >= 4 is 722 Å². The SMILES string of the molecule is [B][B]B([B])B(B(B([B])[B])B([B])[B])c1c(C)c(N=Nc2c(B([B][B])B([B])[B])c(C)c(N=Nc3c([B])c(C)c(C)c(B([B])[B][B])c3B([B])B([B])[B])c3c(C)c(B(B([B])[B])B([B])B([B])[B])c(B(B([B])[B])B([B][B])B([B])[B])c(B(B([B])[B])B(B([B])[B])B([B])[B])c23)c(B(B([B][B])B([B])[B])B(B([B])[B])B([B])[B])c(B(B(B([B])[B])B([B])[B])B(B([B])[B])B([B])[B])c1NC(=O)NC. The molecule has 0 saturated carbocycles. The number of hydrogen-bond acceptors (Lipinski definition) is 5. The molecule has 0 fully saturated rings. The second-order valence-corrected chi connectivity index (χ2v) is 32.2. The Bertz CT molecular complexity index is 4070. The molecule has 123 heavy (non-hydrogen) atoms. The summed E-state index contributed by atoms with van der Waals surface area (Å²) in [5, 5.41) is 26.5. The first-order chi connectivity index (χ1) is 56.9. The lowest BCUT2D eigenvalue weighted by Crippen LogP contribution is -2.83. The van der Waals surface area contributed by atoms with Crippen LogP contribution >= 0.6 is 0 Å². The van der Waals surface area contributed by atoms with Crippen molar-refractivity contribution in [1.82, 2.24) is 5.32 Å². The highest BCUT2D eigenvalue weighted by atomic mass is 16.2. The molecular formula is C29H20B87N6O. The van der Waals surface area contributed by atoms with E-state index >= 15 is 4.79 Å². The van der Waals surface area contributed by atoms with E-state index in [2.05, 4.69) is 10.6 Å². The van der Waals surface area contributed by atoms with Crippen molar-refractivity contribution in [2.75, 3.05) is 12.4 Å². The van der Waals surface area contributed by atoms with Crippen LogP contribution in [0.2, 0.25) is 0 Å². The Kier molecular flexibility index (Phi) is 48.7. The molecule has 97 radical (unpaired) electrons. The van der Waals surface area contributed by atoms with Gasteiger partial charge < -0.3 is 10.6 Å². The van der Waals surface area contributed by atoms with Crippen LogP contribution in [0, 0.1) is 34.6 Å². The van der Waals surface area contributed by atoms with Crippen molar-refractivity contribution in [2.45, 2.75) is 34.6 Å². The molecule has 2 N–H and O–H groups in total. The highest BCUT2D eigenvalue weighted by Crippen LogP contribution is 2.40. The van der Waals surface area contributed by atoms with Crippen LogP contribution in [0.25, 0.3) is 10.8 Å². The molecule has 0 aromatic heterocycles. The Labute approximate surface area is 819 Å². The molecule has 0 bridgehead atoms. The van der Waals surface area contributed by atoms with Gasteiger partial charge in [-0.2, -0.15) is 15.3 Å². The lowest BCUT2D eigenvalue weighted by molar-refractivity contribution is 0.254. The summed E-state index contributed by atoms with van der Waals surface area (Å²) in [5.41, 5.74) is -1.50. The van der Waals surface area contributed by atoms with Crippen LogP contribution in [0.4, 0.5) is 33.2 Å². The van der Waals surface area contributed by atoms with E-state index in [9.17, 15) is 0 Å². The van der Waals surface area contributed by atoms with Gasteiger partial charge in [-0.25, -0.2) is 4.79 Å². The highest BCUT2D eigenvalue weighted by molar-refractivity contribution is 8.12. The number of fused-ring (bicyclic) bond motifs is 1. The third-order valence-electron chi connectivity index (χ3n) is 24.0. The minimum absolute atomic E-state index is 0.00314. The third kappa shape index (κ3) is 26.2. The number of azo groups is 2. The first kappa shape index (κ1) is 117. The summed E-state index contributed by atoms with van der Waals surface area (Å²) in [4.78, 5) is 15.1. The van der Waals surface area contributed by atoms with Crippen LogP contribution in [0.1, 0.15) is 27.8 Å². The summed E-state index contributed by atoms with van der Waals surface area (Å²) in [6, 6.07) is -1.00. The standard InChI is InChI=1S/C29H20B87N6O/c1-7-8(2)15(81(36)76-31)21(82(37)90(38)39)27(14(7)30)122-119-24-10(4)17(83(77-32)91(40)41)26(13-12(24)9(3)16(84(92(42)43)109(75)95(48)49)20(85(93(44)45)110(79-34)96(50)51)19(13)86(94(46)47)112(98(54)55)99(56)57)121-120-25-11(5)18(87(108(74)78-33)113(100(58)59)101(60)61)28(118-29(123)117-6)23(89(115(104(66)67)105(68)69)116(106(70)71)107(72)73)22(25)88(111(80-35)97(52)53)114(102(62)63)103(64)65/h1-6H3,(H2,117,118,123). The van der Waals surface area contributed by atoms with Gasteiger partial charge in [0.05, 0.1) is 81.2 Å². The number of benzene rings is 4. The summed E-state index contributed by atoms with van der Waals surface area (Å²) in [5.74, 6) is 0. The molecule has 0 aliphatic carbocycles. The van der Waals surface area contributed by atoms with Crippen LogP contribution < -0.4 is 65.3 Å². The summed E-state index contributed by atoms with van der Waals surface area (Å²) < 4.78 is 0. The van der Waals surface area contributed by atoms with Gasteiger partial charge in [0.15, 0.2) is 0 Å². The van der Waals surface area contributed by atoms with Crippen LogP contribution in [-0.2, 0) is 0 Å². The van der Waals surface area contributed by atoms with E-state index in [0.717, 1.165) is 28.2 Å². The second kappa shape index (κ2) is 51.4. The minimum Gasteiger partial charge on any atom is -0.341 e. The maximum absolute atomic E-state index is 15.1. The summed E-state index contributed by atoms with van der Waals surface area (Å²) in [6.45, 7) is -5.94. The largest absolute Gasteiger partial charge is 0.341 e. The van der Waals surface area contributed by atoms with Crippen molar-refractivity contribution in [3.05, 3.63) is 27.8 Å². The van der Waals surface area contributed by atoms with Crippen molar-refractivity contribution < 1.29 is 4.79 Å². The Morgan fingerprint density at radius 3 is 1.04 bits per heavy atom. The van der Waals surface area contributed by atoms with E-state index in [0.29, 0.717) is 16.6 Å². The van der Waals surface area contributed by atoms with Gasteiger partial charge in [-0.1, -0.05) is 49.4 Å². The number of nitrogens with one attached hydrogen (secondary N) is 2. The summed E-state index contributed by atoms with van der Waals surface area (Å²) in [7, 11) is 326. The molecule has 4 aromatic rings. The molecule has 4 aromatic carbocycles. The lowest BCUT2D eigenvalue weighted by atomic mass is 8.47. The Morgan fingerprint density at radius 2 is 0.675 bits per heavy atom. The highest BCUT2D eigenvalue weighted by Gasteiger charge is 2.53. The molecule has 7 nitrogen and oxygen atoms in total. The van der Waals surface area contributed by atoms with Gasteiger partial charge in [0.2, 0.25) is 0 Å². The number of aryl methyl sites for hydroxylation is 1. The number of urea groups is 1. The Hall–Kier alpha value is 1.26. The molecule has 0 unspecified atom stereocenters. The molecule has 2 amide bonds. The van der Waals surface area contributed by atoms with E-state index < -0.39 is 248 Å². The van der Waals surface area contributed by atoms with Crippen molar-refractivity contribution in [3.63, 3.8) is 0 Å². The number of nitrogens with zero attached hydrogens (tertiary/aromatic N) is 4. The first-order valence-corrected chi connectivity index (χ1v) is 39.6. The van der Waals surface area contributed by atoms with Gasteiger partial charge in [0.25, 0.3) is 0 Å². The topological polar surface area (TPSA) is 90.6 Å². The summed E-state index contributed by atoms with van der Waals surface area (Å²) >= 11 is 0. The smallest absolute Gasteiger partial charge is 0.318 e. The fraction of sp³-hybridized carbons (Fsp3) is 0.207. The number of hydrogen-bond donors (Lipinski definition) is 2. The molecule has 0 atom stereocenters. The maximum Gasteiger partial charge on any atom is 0.318 e. The van der Waals surface area contributed by atoms with Gasteiger partial charge in [0, 0.05) is 579 Å². The van der Waals surface area contributed by atoms with Gasteiger partial charge >= 0.3 is 6.03 Å². The number of carbonyl (C=O) groups is 1. The van der Waals surface area contributed by atoms with E-state index in [1.165, 1.54) is 28.0 Å². The molecule has 94 heteroatoms. The van der Waals surface area contributed by atoms with Crippen molar-refractivity contribution in [3.8, 4) is 0 Å². The van der Waals surface area contributed by atoms with E-state index in [1.807, 2.05) is 0 Å². The molecule has 0 aliphatic rings. The predicted octanol–water partition coefficient (Wildman–Crippen LogP) is -32.4. The molecule has 0 saturated heterocycles. The van der Waals surface area contributed by atoms with Gasteiger partial charge in [-0.05, 0) is 51.3 Å². The second-order valence-electron chi connectivity index (χ2n) is 32.2. The zero-order valence-corrected chi connectivity index (χ0v) is 70.9. The zero-order chi connectivity index (χ0) is 94.8. The van der Waals surface area contributed by atoms with Crippen molar-refractivity contribution in [1.29, 1.82) is 0 Å². The van der Waals surface area contributed by atoms with E-state index in [-0.39, 0.29) is 93.7 Å². The fourth-order valence-corrected chi connectivity index (χ4v) is 18.0. The molecule has 0 spiro atoms. The van der Waals surface area contributed by atoms with Crippen LogP contribution in [-0.4, -0.2) is 635 Å². The predicted molar refractivity (Wildman–Crippen MR) is 644 cm³/mol. The van der Waals surface area contributed by atoms with E-state index in [1.54, 1.807) is 20.8 Å². The van der Waals surface area contributed by atoms with Crippen LogP contribution in [0.15, 0.2) is 20.5 Å². The van der Waals surface area contributed by atoms with Gasteiger partial charge in [-0.15, -0.1) is 21.5 Å². The fourth-order valence-electron chi connectivity index (χ4n) is 18.0. The third-order valence-corrected chi connectivity index (χ3v) is 24.0. The zero-order valence-electron chi connectivity index (χ0n) is 70.9. The lowest BCUT2D eigenvalue weighted by Gasteiger charge is -2.46. The minimum atomic E-state index is -1.81. The molecule has 0 aliphatic heterocycles. The molecule has 4 rings (SSSR count). The van der Waals surface area contributed by atoms with Gasteiger partial charge in [-0.3, -0.25) is 0 Å². The number of anilines is 1. The molecule has 0 heterocycles. The van der Waals surface area contributed by atoms with Crippen molar-refractivity contribution in [2.24, 2.45) is 20.5 Å². The Morgan fingerprint density at radius 1 is 0.285 bits per heavy atom. The maximum atomic E-state index is 15.1. The Balaban J connectivity index is 3.35. The van der Waals surface area contributed by atoms with Crippen LogP contribution in [0.5, 0.6) is 0 Å². The average molecular weight is 1410 g/mol. The van der Waals surface area contributed by atoms with Crippen LogP contribution in [0.3, 0.4) is 0 Å². The monoisotopic (exact) mass is 1430 g/mol. The first-order valence-electron chi connectivity index (χ1n) is 39.6. The summed E-state index contributed by atoms with van der Waals surface area (Å²) in [6.07, 6.45) is -43.1. The number of carbonyl (C=O) groups excluding carboxylic acids is 1.